The summed E-state index contributed by atoms with van der Waals surface area (Å²) in [6, 6.07) is 10.8. The molecule has 14 heavy (non-hydrogen) atoms. The standard InChI is InChI=1S/C12H20NP/c1-3-13(4-2)14-11-10-12-8-6-5-7-9-12/h5-9,14H,3-4,10-11H2,1-2H3. The van der Waals surface area contributed by atoms with Gasteiger partial charge < -0.3 is 0 Å². The van der Waals surface area contributed by atoms with Crippen molar-refractivity contribution >= 4 is 8.73 Å². The maximum atomic E-state index is 2.50. The highest BCUT2D eigenvalue weighted by molar-refractivity contribution is 7.35. The van der Waals surface area contributed by atoms with Crippen molar-refractivity contribution in [2.45, 2.75) is 20.3 Å². The minimum Gasteiger partial charge on any atom is -0.285 e. The Bertz CT molecular complexity index is 231. The predicted molar refractivity (Wildman–Crippen MR) is 66.2 cm³/mol. The molecule has 2 heteroatoms. The lowest BCUT2D eigenvalue weighted by atomic mass is 10.2. The highest BCUT2D eigenvalue weighted by Gasteiger charge is 1.98. The molecule has 0 heterocycles. The lowest BCUT2D eigenvalue weighted by Gasteiger charge is -2.17. The first-order chi connectivity index (χ1) is 6.86. The van der Waals surface area contributed by atoms with E-state index in [0.29, 0.717) is 0 Å². The summed E-state index contributed by atoms with van der Waals surface area (Å²) < 4.78 is 2.50. The predicted octanol–water partition coefficient (Wildman–Crippen LogP) is 3.16. The van der Waals surface area contributed by atoms with E-state index < -0.39 is 0 Å². The third-order valence-electron chi connectivity index (χ3n) is 2.36. The molecular formula is C12H20NP. The van der Waals surface area contributed by atoms with Gasteiger partial charge in [0.25, 0.3) is 0 Å². The zero-order chi connectivity index (χ0) is 10.2. The first-order valence-corrected chi connectivity index (χ1v) is 6.54. The van der Waals surface area contributed by atoms with Gasteiger partial charge in [0.15, 0.2) is 0 Å². The van der Waals surface area contributed by atoms with Crippen LogP contribution >= 0.6 is 8.73 Å². The van der Waals surface area contributed by atoms with Gasteiger partial charge in [-0.2, -0.15) is 0 Å². The van der Waals surface area contributed by atoms with E-state index in [4.69, 9.17) is 0 Å². The zero-order valence-electron chi connectivity index (χ0n) is 9.16. The molecule has 1 nitrogen and oxygen atoms in total. The molecule has 0 fully saturated rings. The maximum absolute atomic E-state index is 2.50. The van der Waals surface area contributed by atoms with Gasteiger partial charge in [-0.3, -0.25) is 4.67 Å². The van der Waals surface area contributed by atoms with Crippen LogP contribution in [0.4, 0.5) is 0 Å². The van der Waals surface area contributed by atoms with E-state index in [0.717, 1.165) is 8.73 Å². The molecule has 1 atom stereocenters. The zero-order valence-corrected chi connectivity index (χ0v) is 10.2. The normalized spacial score (nSPS) is 11.6. The maximum Gasteiger partial charge on any atom is -0.000998 e. The fourth-order valence-corrected chi connectivity index (χ4v) is 2.61. The molecule has 0 saturated carbocycles. The van der Waals surface area contributed by atoms with Crippen LogP contribution in [0.2, 0.25) is 0 Å². The Morgan fingerprint density at radius 1 is 1.07 bits per heavy atom. The van der Waals surface area contributed by atoms with Crippen LogP contribution < -0.4 is 0 Å². The van der Waals surface area contributed by atoms with Crippen LogP contribution in [0, 0.1) is 0 Å². The molecule has 0 bridgehead atoms. The van der Waals surface area contributed by atoms with E-state index in [1.807, 2.05) is 0 Å². The fourth-order valence-electron chi connectivity index (χ4n) is 1.45. The SMILES string of the molecule is CCN(CC)PCCc1ccccc1. The van der Waals surface area contributed by atoms with Gasteiger partial charge in [-0.05, 0) is 31.2 Å². The number of nitrogens with zero attached hydrogens (tertiary/aromatic N) is 1. The number of rotatable bonds is 6. The van der Waals surface area contributed by atoms with Gasteiger partial charge in [0.2, 0.25) is 0 Å². The molecule has 1 unspecified atom stereocenters. The van der Waals surface area contributed by atoms with E-state index in [-0.39, 0.29) is 0 Å². The molecule has 0 N–H and O–H groups in total. The van der Waals surface area contributed by atoms with Gasteiger partial charge in [0.1, 0.15) is 0 Å². The Morgan fingerprint density at radius 3 is 2.29 bits per heavy atom. The van der Waals surface area contributed by atoms with E-state index in [9.17, 15) is 0 Å². The monoisotopic (exact) mass is 209 g/mol. The van der Waals surface area contributed by atoms with Gasteiger partial charge in [-0.15, -0.1) is 0 Å². The van der Waals surface area contributed by atoms with Crippen LogP contribution in [-0.2, 0) is 6.42 Å². The summed E-state index contributed by atoms with van der Waals surface area (Å²) in [5.41, 5.74) is 1.46. The van der Waals surface area contributed by atoms with Crippen molar-refractivity contribution in [1.29, 1.82) is 0 Å². The number of hydrogen-bond donors (Lipinski definition) is 0. The van der Waals surface area contributed by atoms with Gasteiger partial charge >= 0.3 is 0 Å². The molecule has 0 aliphatic heterocycles. The van der Waals surface area contributed by atoms with Crippen LogP contribution in [0.25, 0.3) is 0 Å². The summed E-state index contributed by atoms with van der Waals surface area (Å²) in [5, 5.41) is 0. The van der Waals surface area contributed by atoms with E-state index in [1.54, 1.807) is 0 Å². The summed E-state index contributed by atoms with van der Waals surface area (Å²) in [5.74, 6) is 0. The van der Waals surface area contributed by atoms with Crippen LogP contribution in [0.1, 0.15) is 19.4 Å². The van der Waals surface area contributed by atoms with Crippen LogP contribution in [0.5, 0.6) is 0 Å². The van der Waals surface area contributed by atoms with Gasteiger partial charge in [-0.25, -0.2) is 0 Å². The summed E-state index contributed by atoms with van der Waals surface area (Å²) in [6.45, 7) is 6.84. The number of hydrogen-bond acceptors (Lipinski definition) is 1. The molecule has 0 amide bonds. The Labute approximate surface area is 89.4 Å². The van der Waals surface area contributed by atoms with Gasteiger partial charge in [-0.1, -0.05) is 52.9 Å². The van der Waals surface area contributed by atoms with Crippen molar-refractivity contribution in [2.24, 2.45) is 0 Å². The third kappa shape index (κ3) is 4.21. The smallest absolute Gasteiger partial charge is 0.000998 e. The molecule has 1 aromatic carbocycles. The second-order valence-corrected chi connectivity index (χ2v) is 4.76. The van der Waals surface area contributed by atoms with Crippen molar-refractivity contribution in [3.63, 3.8) is 0 Å². The molecule has 1 rings (SSSR count). The summed E-state index contributed by atoms with van der Waals surface area (Å²) >= 11 is 0. The van der Waals surface area contributed by atoms with Crippen LogP contribution in [-0.4, -0.2) is 23.9 Å². The molecule has 1 aromatic rings. The molecular weight excluding hydrogens is 189 g/mol. The van der Waals surface area contributed by atoms with Crippen LogP contribution in [0.3, 0.4) is 0 Å². The topological polar surface area (TPSA) is 3.24 Å². The van der Waals surface area contributed by atoms with E-state index in [2.05, 4.69) is 48.8 Å². The van der Waals surface area contributed by atoms with Crippen molar-refractivity contribution in [1.82, 2.24) is 4.67 Å². The highest BCUT2D eigenvalue weighted by atomic mass is 31.1. The minimum atomic E-state index is 0.982. The average Bonchev–Trinajstić information content (AvgIpc) is 2.26. The molecule has 0 aromatic heterocycles. The first-order valence-electron chi connectivity index (χ1n) is 5.39. The van der Waals surface area contributed by atoms with Crippen molar-refractivity contribution in [2.75, 3.05) is 19.3 Å². The third-order valence-corrected chi connectivity index (χ3v) is 3.91. The lowest BCUT2D eigenvalue weighted by Crippen LogP contribution is -2.13. The second-order valence-electron chi connectivity index (χ2n) is 3.32. The Kier molecular flexibility index (Phi) is 5.82. The minimum absolute atomic E-state index is 0.982. The Morgan fingerprint density at radius 2 is 1.71 bits per heavy atom. The highest BCUT2D eigenvalue weighted by Crippen LogP contribution is 2.18. The summed E-state index contributed by atoms with van der Waals surface area (Å²) in [4.78, 5) is 0. The molecule has 78 valence electrons. The number of benzene rings is 1. The van der Waals surface area contributed by atoms with Crippen molar-refractivity contribution in [3.05, 3.63) is 35.9 Å². The van der Waals surface area contributed by atoms with Gasteiger partial charge in [0, 0.05) is 0 Å². The second kappa shape index (κ2) is 6.98. The molecule has 0 saturated heterocycles. The quantitative estimate of drug-likeness (QED) is 0.650. The first kappa shape index (κ1) is 11.7. The van der Waals surface area contributed by atoms with Crippen LogP contribution in [0.15, 0.2) is 30.3 Å². The largest absolute Gasteiger partial charge is 0.285 e. The van der Waals surface area contributed by atoms with Crippen molar-refractivity contribution < 1.29 is 0 Å². The fraction of sp³-hybridized carbons (Fsp3) is 0.500. The van der Waals surface area contributed by atoms with E-state index in [1.165, 1.54) is 31.2 Å². The lowest BCUT2D eigenvalue weighted by molar-refractivity contribution is 0.515. The van der Waals surface area contributed by atoms with Gasteiger partial charge in [0.05, 0.1) is 0 Å². The summed E-state index contributed by atoms with van der Waals surface area (Å²) in [6.07, 6.45) is 2.52. The van der Waals surface area contributed by atoms with E-state index >= 15 is 0 Å². The molecule has 0 spiro atoms. The molecule has 0 aliphatic carbocycles. The Hall–Kier alpha value is -0.390. The van der Waals surface area contributed by atoms with Crippen molar-refractivity contribution in [3.8, 4) is 0 Å². The Balaban J connectivity index is 2.21. The molecule has 0 aliphatic rings. The number of aryl methyl sites for hydroxylation is 1. The summed E-state index contributed by atoms with van der Waals surface area (Å²) in [7, 11) is 0.982. The molecule has 0 radical (unpaired) electrons. The average molecular weight is 209 g/mol.